The fraction of sp³-hybridized carbons (Fsp3) is 0.333. The fourth-order valence-corrected chi connectivity index (χ4v) is 5.71. The molecule has 3 aromatic carbocycles. The lowest BCUT2D eigenvalue weighted by Crippen LogP contribution is -2.57. The zero-order valence-corrected chi connectivity index (χ0v) is 20.5. The number of benzene rings is 3. The number of nitrogens with zero attached hydrogens (tertiary/aromatic N) is 2. The maximum atomic E-state index is 14.0. The lowest BCUT2D eigenvalue weighted by molar-refractivity contribution is -0.133. The molecule has 1 N–H and O–H groups in total. The molecule has 0 unspecified atom stereocenters. The van der Waals surface area contributed by atoms with Crippen LogP contribution in [0, 0.1) is 23.6 Å². The number of imide groups is 1. The van der Waals surface area contributed by atoms with Crippen molar-refractivity contribution in [2.75, 3.05) is 19.6 Å². The van der Waals surface area contributed by atoms with Crippen LogP contribution >= 0.6 is 0 Å². The molecule has 2 heterocycles. The summed E-state index contributed by atoms with van der Waals surface area (Å²) in [5, 5.41) is 5.52. The zero-order chi connectivity index (χ0) is 25.1. The Balaban J connectivity index is 1.37. The fourth-order valence-electron chi connectivity index (χ4n) is 5.71. The van der Waals surface area contributed by atoms with Crippen LogP contribution in [0.4, 0.5) is 9.18 Å². The van der Waals surface area contributed by atoms with Gasteiger partial charge in [-0.3, -0.25) is 14.6 Å². The number of fused-ring (bicyclic) bond motifs is 1. The summed E-state index contributed by atoms with van der Waals surface area (Å²) < 4.78 is 14.0. The van der Waals surface area contributed by atoms with Crippen LogP contribution in [0.2, 0.25) is 0 Å². The average molecular weight is 484 g/mol. The van der Waals surface area contributed by atoms with E-state index in [4.69, 9.17) is 0 Å². The Morgan fingerprint density at radius 2 is 1.78 bits per heavy atom. The third kappa shape index (κ3) is 4.59. The molecule has 0 spiro atoms. The van der Waals surface area contributed by atoms with Crippen LogP contribution in [0.15, 0.2) is 66.7 Å². The van der Waals surface area contributed by atoms with E-state index in [9.17, 15) is 14.0 Å². The smallest absolute Gasteiger partial charge is 0.322 e. The van der Waals surface area contributed by atoms with Gasteiger partial charge in [-0.05, 0) is 72.8 Å². The first kappa shape index (κ1) is 24.0. The normalized spacial score (nSPS) is 20.9. The Kier molecular flexibility index (Phi) is 6.75. The monoisotopic (exact) mass is 483 g/mol. The van der Waals surface area contributed by atoms with Gasteiger partial charge in [0.2, 0.25) is 0 Å². The van der Waals surface area contributed by atoms with E-state index in [2.05, 4.69) is 64.5 Å². The van der Waals surface area contributed by atoms with Crippen molar-refractivity contribution in [3.63, 3.8) is 0 Å². The molecule has 0 aliphatic carbocycles. The second kappa shape index (κ2) is 10.1. The van der Waals surface area contributed by atoms with Crippen molar-refractivity contribution in [3.8, 4) is 11.8 Å². The average Bonchev–Trinajstić information content (AvgIpc) is 3.12. The number of urea groups is 1. The number of piperidine rings is 1. The number of carbonyl (C=O) groups excluding carboxylic acids is 2. The molecule has 3 aromatic rings. The first-order valence-electron chi connectivity index (χ1n) is 12.5. The second-order valence-electron chi connectivity index (χ2n) is 9.71. The maximum absolute atomic E-state index is 14.0. The number of likely N-dealkylation sites (tertiary alicyclic amines) is 1. The Hall–Kier alpha value is -3.69. The minimum Gasteiger partial charge on any atom is -0.322 e. The molecule has 0 aromatic heterocycles. The van der Waals surface area contributed by atoms with Crippen LogP contribution in [-0.2, 0) is 17.8 Å². The second-order valence-corrected chi connectivity index (χ2v) is 9.71. The number of hydrogen-bond acceptors (Lipinski definition) is 3. The summed E-state index contributed by atoms with van der Waals surface area (Å²) in [6.45, 7) is 4.22. The summed E-state index contributed by atoms with van der Waals surface area (Å²) in [5.74, 6) is 4.94. The van der Waals surface area contributed by atoms with E-state index in [1.807, 2.05) is 6.07 Å². The number of carbonyl (C=O) groups is 2. The van der Waals surface area contributed by atoms with Crippen molar-refractivity contribution in [1.82, 2.24) is 15.1 Å². The minimum absolute atomic E-state index is 0.0550. The summed E-state index contributed by atoms with van der Waals surface area (Å²) in [6.07, 6.45) is 1.79. The number of halogens is 1. The number of nitrogens with one attached hydrogen (secondary N) is 1. The largest absolute Gasteiger partial charge is 0.325 e. The van der Waals surface area contributed by atoms with Gasteiger partial charge in [-0.15, -0.1) is 5.92 Å². The molecule has 0 radical (unpaired) electrons. The van der Waals surface area contributed by atoms with Crippen LogP contribution < -0.4 is 5.32 Å². The molecule has 1 atom stereocenters. The lowest BCUT2D eigenvalue weighted by atomic mass is 9.74. The number of amides is 3. The number of rotatable bonds is 6. The molecule has 2 aliphatic heterocycles. The summed E-state index contributed by atoms with van der Waals surface area (Å²) in [5.41, 5.74) is 0.895. The van der Waals surface area contributed by atoms with Crippen LogP contribution in [0.5, 0.6) is 0 Å². The van der Waals surface area contributed by atoms with Gasteiger partial charge in [0.25, 0.3) is 5.91 Å². The van der Waals surface area contributed by atoms with E-state index in [-0.39, 0.29) is 30.6 Å². The lowest BCUT2D eigenvalue weighted by Gasteiger charge is -2.41. The molecule has 2 saturated heterocycles. The molecular weight excluding hydrogens is 453 g/mol. The Labute approximate surface area is 211 Å². The van der Waals surface area contributed by atoms with Crippen molar-refractivity contribution in [2.45, 2.75) is 38.3 Å². The molecule has 2 fully saturated rings. The van der Waals surface area contributed by atoms with Gasteiger partial charge >= 0.3 is 6.03 Å². The van der Waals surface area contributed by atoms with E-state index >= 15 is 0 Å². The van der Waals surface area contributed by atoms with Gasteiger partial charge in [-0.1, -0.05) is 60.5 Å². The third-order valence-electron chi connectivity index (χ3n) is 7.55. The first-order valence-corrected chi connectivity index (χ1v) is 12.5. The highest BCUT2D eigenvalue weighted by molar-refractivity contribution is 6.07. The Morgan fingerprint density at radius 3 is 2.56 bits per heavy atom. The molecule has 36 heavy (non-hydrogen) atoms. The van der Waals surface area contributed by atoms with Gasteiger partial charge in [0.1, 0.15) is 11.4 Å². The van der Waals surface area contributed by atoms with E-state index in [0.29, 0.717) is 5.56 Å². The van der Waals surface area contributed by atoms with Crippen molar-refractivity contribution in [3.05, 3.63) is 83.7 Å². The Bertz CT molecular complexity index is 1350. The van der Waals surface area contributed by atoms with Gasteiger partial charge < -0.3 is 5.32 Å². The van der Waals surface area contributed by atoms with Crippen LogP contribution in [-0.4, -0.2) is 46.9 Å². The van der Waals surface area contributed by atoms with Crippen LogP contribution in [0.1, 0.15) is 30.9 Å². The van der Waals surface area contributed by atoms with Gasteiger partial charge in [-0.25, -0.2) is 9.18 Å². The summed E-state index contributed by atoms with van der Waals surface area (Å²) in [7, 11) is 0. The molecule has 6 heteroatoms. The first-order chi connectivity index (χ1) is 17.5. The third-order valence-corrected chi connectivity index (χ3v) is 7.55. The SMILES string of the molecule is CC#CCN1C(=O)N[C@@](Cc2cccc(F)c2)(C2CCN(Cc3cccc4ccccc34)CC2)C1=O. The van der Waals surface area contributed by atoms with E-state index in [1.165, 1.54) is 33.4 Å². The van der Waals surface area contributed by atoms with Gasteiger partial charge in [0, 0.05) is 13.0 Å². The van der Waals surface area contributed by atoms with E-state index in [0.717, 1.165) is 32.5 Å². The highest BCUT2D eigenvalue weighted by Gasteiger charge is 2.55. The Morgan fingerprint density at radius 1 is 1.03 bits per heavy atom. The summed E-state index contributed by atoms with van der Waals surface area (Å²) >= 11 is 0. The van der Waals surface area contributed by atoms with Crippen LogP contribution in [0.3, 0.4) is 0 Å². The summed E-state index contributed by atoms with van der Waals surface area (Å²) in [6, 6.07) is 20.7. The highest BCUT2D eigenvalue weighted by Crippen LogP contribution is 2.37. The molecule has 5 nitrogen and oxygen atoms in total. The van der Waals surface area contributed by atoms with E-state index in [1.54, 1.807) is 13.0 Å². The summed E-state index contributed by atoms with van der Waals surface area (Å²) in [4.78, 5) is 30.2. The molecule has 0 bridgehead atoms. The quantitative estimate of drug-likeness (QED) is 0.407. The minimum atomic E-state index is -1.09. The van der Waals surface area contributed by atoms with Gasteiger partial charge in [-0.2, -0.15) is 0 Å². The van der Waals surface area contributed by atoms with Gasteiger partial charge in [0.05, 0.1) is 6.54 Å². The molecular formula is C30H30FN3O2. The zero-order valence-electron chi connectivity index (χ0n) is 20.5. The van der Waals surface area contributed by atoms with E-state index < -0.39 is 11.6 Å². The highest BCUT2D eigenvalue weighted by atomic mass is 19.1. The van der Waals surface area contributed by atoms with Gasteiger partial charge in [0.15, 0.2) is 0 Å². The predicted octanol–water partition coefficient (Wildman–Crippen LogP) is 4.75. The predicted molar refractivity (Wildman–Crippen MR) is 138 cm³/mol. The molecule has 3 amide bonds. The molecule has 2 aliphatic rings. The van der Waals surface area contributed by atoms with Crippen LogP contribution in [0.25, 0.3) is 10.8 Å². The maximum Gasteiger partial charge on any atom is 0.325 e. The molecule has 0 saturated carbocycles. The molecule has 5 rings (SSSR count). The van der Waals surface area contributed by atoms with Crippen molar-refractivity contribution in [1.29, 1.82) is 0 Å². The number of hydrogen-bond donors (Lipinski definition) is 1. The topological polar surface area (TPSA) is 52.7 Å². The molecule has 184 valence electrons. The van der Waals surface area contributed by atoms with Crippen molar-refractivity contribution < 1.29 is 14.0 Å². The standard InChI is InChI=1S/C30H30FN3O2/c1-2-3-16-34-28(35)30(32-29(34)36,20-22-8-6-12-26(31)19-22)25-14-17-33(18-15-25)21-24-11-7-10-23-9-4-5-13-27(23)24/h4-13,19,25H,14-18,20-21H2,1H3,(H,32,36)/t30-/m0/s1. The van der Waals surface area contributed by atoms with Crippen molar-refractivity contribution in [2.24, 2.45) is 5.92 Å². The van der Waals surface area contributed by atoms with Crippen molar-refractivity contribution >= 4 is 22.7 Å².